The molecular weight excluding hydrogens is 378 g/mol. The average Bonchev–Trinajstić information content (AvgIpc) is 3.07. The van der Waals surface area contributed by atoms with Crippen molar-refractivity contribution in [1.82, 2.24) is 15.3 Å². The van der Waals surface area contributed by atoms with Crippen molar-refractivity contribution in [2.24, 2.45) is 23.7 Å². The second-order valence-electron chi connectivity index (χ2n) is 11.0. The van der Waals surface area contributed by atoms with Crippen molar-refractivity contribution < 1.29 is 9.53 Å². The molecule has 1 aliphatic heterocycles. The third kappa shape index (κ3) is 3.95. The van der Waals surface area contributed by atoms with E-state index in [1.54, 1.807) is 0 Å². The molecule has 2 heterocycles. The molecule has 6 rings (SSSR count). The van der Waals surface area contributed by atoms with Crippen LogP contribution in [0, 0.1) is 23.7 Å². The Morgan fingerprint density at radius 2 is 1.80 bits per heavy atom. The first-order chi connectivity index (χ1) is 14.2. The lowest BCUT2D eigenvalue weighted by molar-refractivity contribution is -0.00412. The van der Waals surface area contributed by atoms with Crippen LogP contribution in [0.15, 0.2) is 6.07 Å². The van der Waals surface area contributed by atoms with Gasteiger partial charge in [-0.05, 0) is 83.0 Å². The summed E-state index contributed by atoms with van der Waals surface area (Å²) in [6, 6.07) is 2.24. The Bertz CT molecular complexity index is 792. The van der Waals surface area contributed by atoms with Crippen molar-refractivity contribution in [2.75, 3.05) is 23.7 Å². The van der Waals surface area contributed by atoms with Crippen molar-refractivity contribution in [3.8, 4) is 0 Å². The van der Waals surface area contributed by atoms with Crippen LogP contribution in [0.5, 0.6) is 0 Å². The molecule has 30 heavy (non-hydrogen) atoms. The molecule has 4 saturated carbocycles. The van der Waals surface area contributed by atoms with Crippen molar-refractivity contribution in [2.45, 2.75) is 76.9 Å². The summed E-state index contributed by atoms with van der Waals surface area (Å²) in [6.07, 6.45) is 7.43. The van der Waals surface area contributed by atoms with Crippen molar-refractivity contribution >= 4 is 17.9 Å². The van der Waals surface area contributed by atoms with Gasteiger partial charge in [-0.3, -0.25) is 0 Å². The molecule has 5 aliphatic rings. The van der Waals surface area contributed by atoms with E-state index in [2.05, 4.69) is 21.3 Å². The zero-order valence-corrected chi connectivity index (χ0v) is 18.4. The third-order valence-electron chi connectivity index (χ3n) is 7.55. The summed E-state index contributed by atoms with van der Waals surface area (Å²) < 4.78 is 5.40. The molecule has 0 spiro atoms. The minimum Gasteiger partial charge on any atom is -0.444 e. The van der Waals surface area contributed by atoms with E-state index >= 15 is 0 Å². The molecule has 5 fully saturated rings. The predicted octanol–water partition coefficient (Wildman–Crippen LogP) is 3.70. The summed E-state index contributed by atoms with van der Waals surface area (Å²) in [5, 5.41) is 2.99. The normalized spacial score (nSPS) is 35.0. The van der Waals surface area contributed by atoms with Crippen LogP contribution in [0.3, 0.4) is 0 Å². The smallest absolute Gasteiger partial charge is 0.407 e. The van der Waals surface area contributed by atoms with Gasteiger partial charge in [-0.1, -0.05) is 0 Å². The molecule has 7 heteroatoms. The van der Waals surface area contributed by atoms with Gasteiger partial charge in [-0.15, -0.1) is 0 Å². The van der Waals surface area contributed by atoms with Gasteiger partial charge >= 0.3 is 6.09 Å². The van der Waals surface area contributed by atoms with Crippen LogP contribution in [0.25, 0.3) is 0 Å². The highest BCUT2D eigenvalue weighted by Gasteiger charge is 2.49. The molecule has 1 atom stereocenters. The van der Waals surface area contributed by atoms with E-state index in [1.165, 1.54) is 32.1 Å². The molecule has 3 N–H and O–H groups in total. The topological polar surface area (TPSA) is 93.4 Å². The number of hydrogen-bond donors (Lipinski definition) is 2. The molecule has 0 radical (unpaired) electrons. The van der Waals surface area contributed by atoms with E-state index in [0.717, 1.165) is 54.7 Å². The summed E-state index contributed by atoms with van der Waals surface area (Å²) in [5.41, 5.74) is 6.83. The minimum absolute atomic E-state index is 0.0562. The highest BCUT2D eigenvalue weighted by atomic mass is 16.6. The Balaban J connectivity index is 1.28. The second kappa shape index (κ2) is 7.27. The number of amides is 1. The Morgan fingerprint density at radius 1 is 1.13 bits per heavy atom. The molecule has 1 aromatic rings. The van der Waals surface area contributed by atoms with Crippen molar-refractivity contribution in [3.63, 3.8) is 0 Å². The van der Waals surface area contributed by atoms with Gasteiger partial charge in [0.15, 0.2) is 0 Å². The SMILES string of the molecule is CC(C)(C)OC(=O)NC1CCN(c2cc(C3C4CC5CC(C4)CC3C5)nc(N)n2)C1. The number of nitrogens with two attached hydrogens (primary N) is 1. The highest BCUT2D eigenvalue weighted by molar-refractivity contribution is 5.68. The zero-order chi connectivity index (χ0) is 21.0. The lowest BCUT2D eigenvalue weighted by Crippen LogP contribution is -2.44. The number of carbonyl (C=O) groups excluding carboxylic acids is 1. The van der Waals surface area contributed by atoms with Gasteiger partial charge in [0, 0.05) is 25.1 Å². The second-order valence-corrected chi connectivity index (χ2v) is 11.0. The highest BCUT2D eigenvalue weighted by Crippen LogP contribution is 2.59. The molecule has 1 saturated heterocycles. The van der Waals surface area contributed by atoms with Gasteiger partial charge in [0.25, 0.3) is 0 Å². The molecule has 1 unspecified atom stereocenters. The summed E-state index contributed by atoms with van der Waals surface area (Å²) in [7, 11) is 0. The Morgan fingerprint density at radius 3 is 2.43 bits per heavy atom. The lowest BCUT2D eigenvalue weighted by atomic mass is 9.51. The van der Waals surface area contributed by atoms with Gasteiger partial charge in [0.1, 0.15) is 11.4 Å². The van der Waals surface area contributed by atoms with Crippen LogP contribution >= 0.6 is 0 Å². The molecule has 4 aliphatic carbocycles. The van der Waals surface area contributed by atoms with E-state index in [9.17, 15) is 4.79 Å². The number of nitrogen functional groups attached to an aromatic ring is 1. The maximum atomic E-state index is 12.1. The van der Waals surface area contributed by atoms with Gasteiger partial charge in [0.2, 0.25) is 5.95 Å². The third-order valence-corrected chi connectivity index (χ3v) is 7.55. The van der Waals surface area contributed by atoms with Crippen LogP contribution in [-0.4, -0.2) is 40.8 Å². The standard InChI is InChI=1S/C23H35N5O2/c1-23(2,3)30-22(29)25-17-4-5-28(12-17)19-11-18(26-21(24)27-19)20-15-7-13-6-14(9-15)10-16(20)8-13/h11,13-17,20H,4-10,12H2,1-3H3,(H,25,29)(H2,24,26,27). The fourth-order valence-electron chi connectivity index (χ4n) is 6.77. The first-order valence-electron chi connectivity index (χ1n) is 11.6. The number of rotatable bonds is 3. The Kier molecular flexibility index (Phi) is 4.82. The van der Waals surface area contributed by atoms with Crippen LogP contribution < -0.4 is 16.0 Å². The zero-order valence-electron chi connectivity index (χ0n) is 18.4. The van der Waals surface area contributed by atoms with Crippen LogP contribution in [0.1, 0.15) is 70.9 Å². The fourth-order valence-corrected chi connectivity index (χ4v) is 6.77. The number of carbonyl (C=O) groups is 1. The molecule has 1 amide bonds. The monoisotopic (exact) mass is 413 g/mol. The van der Waals surface area contributed by atoms with Gasteiger partial charge in [-0.25, -0.2) is 9.78 Å². The van der Waals surface area contributed by atoms with E-state index in [4.69, 9.17) is 15.5 Å². The largest absolute Gasteiger partial charge is 0.444 e. The Labute approximate surface area is 179 Å². The summed E-state index contributed by atoms with van der Waals surface area (Å²) in [4.78, 5) is 23.6. The van der Waals surface area contributed by atoms with Crippen LogP contribution in [0.2, 0.25) is 0 Å². The van der Waals surface area contributed by atoms with E-state index in [1.807, 2.05) is 20.8 Å². The Hall–Kier alpha value is -2.05. The predicted molar refractivity (Wildman–Crippen MR) is 116 cm³/mol. The molecule has 1 aromatic heterocycles. The van der Waals surface area contributed by atoms with E-state index < -0.39 is 5.60 Å². The van der Waals surface area contributed by atoms with E-state index in [0.29, 0.717) is 11.9 Å². The van der Waals surface area contributed by atoms with Gasteiger partial charge in [-0.2, -0.15) is 4.98 Å². The summed E-state index contributed by atoms with van der Waals surface area (Å²) in [5.74, 6) is 5.24. The molecule has 7 nitrogen and oxygen atoms in total. The maximum Gasteiger partial charge on any atom is 0.407 e. The summed E-state index contributed by atoms with van der Waals surface area (Å²) in [6.45, 7) is 7.20. The fraction of sp³-hybridized carbons (Fsp3) is 0.783. The maximum absolute atomic E-state index is 12.1. The lowest BCUT2D eigenvalue weighted by Gasteiger charge is -2.54. The van der Waals surface area contributed by atoms with Crippen molar-refractivity contribution in [3.05, 3.63) is 11.8 Å². The number of aromatic nitrogens is 2. The van der Waals surface area contributed by atoms with Gasteiger partial charge < -0.3 is 20.7 Å². The molecular formula is C23H35N5O2. The van der Waals surface area contributed by atoms with Crippen LogP contribution in [-0.2, 0) is 4.74 Å². The first-order valence-corrected chi connectivity index (χ1v) is 11.6. The van der Waals surface area contributed by atoms with Crippen LogP contribution in [0.4, 0.5) is 16.6 Å². The molecule has 0 aromatic carbocycles. The molecule has 4 bridgehead atoms. The average molecular weight is 414 g/mol. The number of ether oxygens (including phenoxy) is 1. The number of alkyl carbamates (subject to hydrolysis) is 1. The number of hydrogen-bond acceptors (Lipinski definition) is 6. The van der Waals surface area contributed by atoms with Gasteiger partial charge in [0.05, 0.1) is 11.7 Å². The van der Waals surface area contributed by atoms with Crippen molar-refractivity contribution in [1.29, 1.82) is 0 Å². The number of nitrogens with one attached hydrogen (secondary N) is 1. The molecule has 164 valence electrons. The minimum atomic E-state index is -0.489. The van der Waals surface area contributed by atoms with E-state index in [-0.39, 0.29) is 12.1 Å². The number of nitrogens with zero attached hydrogens (tertiary/aromatic N) is 3. The summed E-state index contributed by atoms with van der Waals surface area (Å²) >= 11 is 0. The number of anilines is 2. The quantitative estimate of drug-likeness (QED) is 0.785. The first kappa shape index (κ1) is 19.9.